The molecule has 3 aromatic rings. The first kappa shape index (κ1) is 22.5. The lowest BCUT2D eigenvalue weighted by atomic mass is 9.89. The van der Waals surface area contributed by atoms with Crippen LogP contribution in [-0.2, 0) is 6.42 Å². The Labute approximate surface area is 185 Å². The van der Waals surface area contributed by atoms with Crippen LogP contribution in [0.15, 0.2) is 36.4 Å². The van der Waals surface area contributed by atoms with Crippen molar-refractivity contribution < 1.29 is 18.9 Å². The first-order chi connectivity index (χ1) is 15.0. The molecule has 0 spiro atoms. The monoisotopic (exact) mass is 419 g/mol. The first-order valence-electron chi connectivity index (χ1n) is 10.5. The lowest BCUT2D eigenvalue weighted by Gasteiger charge is -2.21. The summed E-state index contributed by atoms with van der Waals surface area (Å²) < 4.78 is 22.7. The molecule has 0 N–H and O–H groups in total. The van der Waals surface area contributed by atoms with E-state index in [2.05, 4.69) is 37.3 Å². The van der Waals surface area contributed by atoms with Crippen molar-refractivity contribution in [1.29, 1.82) is 0 Å². The molecule has 0 atom stereocenters. The minimum Gasteiger partial charge on any atom is -0.496 e. The van der Waals surface area contributed by atoms with Gasteiger partial charge in [0.15, 0.2) is 11.5 Å². The second-order valence-electron chi connectivity index (χ2n) is 7.54. The summed E-state index contributed by atoms with van der Waals surface area (Å²) in [6.07, 6.45) is 1.83. The summed E-state index contributed by atoms with van der Waals surface area (Å²) in [7, 11) is 6.75. The Morgan fingerprint density at radius 1 is 0.710 bits per heavy atom. The topological polar surface area (TPSA) is 36.9 Å². The highest BCUT2D eigenvalue weighted by atomic mass is 16.5. The minimum atomic E-state index is 0.720. The average molecular weight is 420 g/mol. The van der Waals surface area contributed by atoms with E-state index in [-0.39, 0.29) is 0 Å². The number of ether oxygens (including phenoxy) is 4. The molecular weight excluding hydrogens is 388 g/mol. The lowest BCUT2D eigenvalue weighted by molar-refractivity contribution is 0.353. The quantitative estimate of drug-likeness (QED) is 0.422. The van der Waals surface area contributed by atoms with Crippen molar-refractivity contribution in [1.82, 2.24) is 0 Å². The van der Waals surface area contributed by atoms with Gasteiger partial charge in [-0.25, -0.2) is 0 Å². The summed E-state index contributed by atoms with van der Waals surface area (Å²) in [5, 5.41) is 0. The summed E-state index contributed by atoms with van der Waals surface area (Å²) in [6.45, 7) is 6.24. The molecule has 0 aromatic heterocycles. The summed E-state index contributed by atoms with van der Waals surface area (Å²) >= 11 is 0. The summed E-state index contributed by atoms with van der Waals surface area (Å²) in [6, 6.07) is 16.0. The smallest absolute Gasteiger partial charge is 0.169 e. The molecule has 0 saturated heterocycles. The number of aryl methyl sites for hydroxylation is 3. The number of hydrogen-bond donors (Lipinski definition) is 0. The third-order valence-electron chi connectivity index (χ3n) is 5.51. The Morgan fingerprint density at radius 3 is 1.74 bits per heavy atom. The van der Waals surface area contributed by atoms with E-state index in [1.165, 1.54) is 0 Å². The maximum atomic E-state index is 5.94. The van der Waals surface area contributed by atoms with Crippen LogP contribution in [0.3, 0.4) is 0 Å². The minimum absolute atomic E-state index is 0.720. The van der Waals surface area contributed by atoms with E-state index in [0.29, 0.717) is 0 Å². The van der Waals surface area contributed by atoms with Crippen LogP contribution < -0.4 is 18.9 Å². The molecule has 0 unspecified atom stereocenters. The first-order valence-corrected chi connectivity index (χ1v) is 10.5. The van der Waals surface area contributed by atoms with Gasteiger partial charge in [-0.3, -0.25) is 0 Å². The van der Waals surface area contributed by atoms with Crippen LogP contribution in [0.5, 0.6) is 23.0 Å². The van der Waals surface area contributed by atoms with Gasteiger partial charge in [0.1, 0.15) is 11.5 Å². The van der Waals surface area contributed by atoms with Crippen molar-refractivity contribution in [3.05, 3.63) is 59.2 Å². The maximum absolute atomic E-state index is 5.94. The van der Waals surface area contributed by atoms with E-state index in [9.17, 15) is 0 Å². The molecule has 31 heavy (non-hydrogen) atoms. The number of rotatable bonds is 8. The van der Waals surface area contributed by atoms with Crippen molar-refractivity contribution in [3.8, 4) is 45.3 Å². The largest absolute Gasteiger partial charge is 0.496 e. The molecule has 0 aliphatic carbocycles. The number of benzene rings is 3. The van der Waals surface area contributed by atoms with E-state index in [1.54, 1.807) is 28.4 Å². The third-order valence-corrected chi connectivity index (χ3v) is 5.51. The molecule has 0 aliphatic heterocycles. The molecule has 4 nitrogen and oxygen atoms in total. The third kappa shape index (κ3) is 4.34. The summed E-state index contributed by atoms with van der Waals surface area (Å²) in [5.41, 5.74) is 7.15. The fourth-order valence-electron chi connectivity index (χ4n) is 4.03. The van der Waals surface area contributed by atoms with Gasteiger partial charge in [0.05, 0.1) is 28.4 Å². The van der Waals surface area contributed by atoms with Gasteiger partial charge in [0, 0.05) is 16.7 Å². The number of hydrogen-bond acceptors (Lipinski definition) is 4. The molecular formula is C27H31O4. The normalized spacial score (nSPS) is 10.7. The summed E-state index contributed by atoms with van der Waals surface area (Å²) in [5.74, 6) is 3.17. The van der Waals surface area contributed by atoms with Gasteiger partial charge in [-0.05, 0) is 72.9 Å². The van der Waals surface area contributed by atoms with E-state index in [1.807, 2.05) is 26.0 Å². The molecule has 0 bridgehead atoms. The molecule has 3 aromatic carbocycles. The Bertz CT molecular complexity index is 1070. The van der Waals surface area contributed by atoms with Crippen LogP contribution in [0.1, 0.15) is 30.0 Å². The Hall–Kier alpha value is -3.14. The van der Waals surface area contributed by atoms with Crippen molar-refractivity contribution in [3.63, 3.8) is 0 Å². The van der Waals surface area contributed by atoms with Crippen LogP contribution >= 0.6 is 0 Å². The second kappa shape index (κ2) is 9.78. The molecule has 0 saturated carbocycles. The van der Waals surface area contributed by atoms with Crippen molar-refractivity contribution in [2.75, 3.05) is 28.4 Å². The van der Waals surface area contributed by atoms with Crippen LogP contribution in [-0.4, -0.2) is 28.4 Å². The second-order valence-corrected chi connectivity index (χ2v) is 7.54. The van der Waals surface area contributed by atoms with Crippen molar-refractivity contribution in [2.24, 2.45) is 0 Å². The highest BCUT2D eigenvalue weighted by Crippen LogP contribution is 2.48. The van der Waals surface area contributed by atoms with E-state index in [0.717, 1.165) is 74.8 Å². The fourth-order valence-corrected chi connectivity index (χ4v) is 4.03. The van der Waals surface area contributed by atoms with E-state index in [4.69, 9.17) is 18.9 Å². The molecule has 0 heterocycles. The van der Waals surface area contributed by atoms with Gasteiger partial charge in [-0.1, -0.05) is 25.5 Å². The molecule has 0 fully saturated rings. The van der Waals surface area contributed by atoms with Crippen LogP contribution in [0, 0.1) is 19.9 Å². The van der Waals surface area contributed by atoms with Crippen LogP contribution in [0.2, 0.25) is 0 Å². The molecule has 4 heteroatoms. The Kier molecular flexibility index (Phi) is 7.11. The molecule has 1 radical (unpaired) electrons. The predicted octanol–water partition coefficient (Wildman–Crippen LogP) is 6.42. The average Bonchev–Trinajstić information content (AvgIpc) is 2.78. The highest BCUT2D eigenvalue weighted by molar-refractivity contribution is 5.91. The molecule has 3 rings (SSSR count). The van der Waals surface area contributed by atoms with E-state index >= 15 is 0 Å². The standard InChI is InChI=1S/C27H31O4/c1-8-9-21-16-22(19-10-12-23(28-4)17(2)14-19)25(27(31-7)26(21)30-6)20-11-13-24(29-5)18(3)15-20/h10-15H,8-9H2,1-7H3. The predicted molar refractivity (Wildman–Crippen MR) is 126 cm³/mol. The van der Waals surface area contributed by atoms with Crippen molar-refractivity contribution >= 4 is 0 Å². The SMILES string of the molecule is CCCc1[c]c(-c2ccc(OC)c(C)c2)c(-c2ccc(OC)c(C)c2)c(OC)c1OC. The van der Waals surface area contributed by atoms with Gasteiger partial charge in [-0.2, -0.15) is 0 Å². The van der Waals surface area contributed by atoms with Crippen LogP contribution in [0.25, 0.3) is 22.3 Å². The Morgan fingerprint density at radius 2 is 1.26 bits per heavy atom. The molecule has 163 valence electrons. The van der Waals surface area contributed by atoms with Crippen LogP contribution in [0.4, 0.5) is 0 Å². The zero-order valence-corrected chi connectivity index (χ0v) is 19.5. The molecule has 0 amide bonds. The van der Waals surface area contributed by atoms with Gasteiger partial charge < -0.3 is 18.9 Å². The fraction of sp³-hybridized carbons (Fsp3) is 0.333. The van der Waals surface area contributed by atoms with Gasteiger partial charge in [0.2, 0.25) is 0 Å². The van der Waals surface area contributed by atoms with Crippen molar-refractivity contribution in [2.45, 2.75) is 33.6 Å². The lowest BCUT2D eigenvalue weighted by Crippen LogP contribution is -2.02. The zero-order chi connectivity index (χ0) is 22.5. The Balaban J connectivity index is 2.38. The zero-order valence-electron chi connectivity index (χ0n) is 19.5. The summed E-state index contributed by atoms with van der Waals surface area (Å²) in [4.78, 5) is 0. The van der Waals surface area contributed by atoms with E-state index < -0.39 is 0 Å². The number of methoxy groups -OCH3 is 4. The maximum Gasteiger partial charge on any atom is 0.169 e. The molecule has 0 aliphatic rings. The highest BCUT2D eigenvalue weighted by Gasteiger charge is 2.23. The van der Waals surface area contributed by atoms with Gasteiger partial charge in [-0.15, -0.1) is 0 Å². The van der Waals surface area contributed by atoms with Gasteiger partial charge >= 0.3 is 0 Å². The van der Waals surface area contributed by atoms with Gasteiger partial charge in [0.25, 0.3) is 0 Å².